The van der Waals surface area contributed by atoms with Gasteiger partial charge in [-0.15, -0.1) is 0 Å². The molecule has 0 bridgehead atoms. The lowest BCUT2D eigenvalue weighted by atomic mass is 10.5. The van der Waals surface area contributed by atoms with E-state index in [9.17, 15) is 0 Å². The molecule has 0 atom stereocenters. The Balaban J connectivity index is 3.83. The summed E-state index contributed by atoms with van der Waals surface area (Å²) in [5.41, 5.74) is 5.44. The van der Waals surface area contributed by atoms with Crippen LogP contribution in [0, 0.1) is 0 Å². The lowest BCUT2D eigenvalue weighted by Gasteiger charge is -2.27. The van der Waals surface area contributed by atoms with Crippen molar-refractivity contribution >= 4 is 8.32 Å². The van der Waals surface area contributed by atoms with Gasteiger partial charge in [-0.05, 0) is 32.1 Å². The number of methoxy groups -OCH3 is 2. The number of ether oxygens (including phenoxy) is 2. The summed E-state index contributed by atoms with van der Waals surface area (Å²) >= 11 is 0. The average molecular weight is 207 g/mol. The van der Waals surface area contributed by atoms with Crippen molar-refractivity contribution in [3.63, 3.8) is 0 Å². The van der Waals surface area contributed by atoms with Gasteiger partial charge in [0.25, 0.3) is 6.48 Å². The van der Waals surface area contributed by atoms with E-state index in [0.717, 1.165) is 12.5 Å². The normalized spacial score (nSPS) is 12.5. The molecule has 0 fully saturated rings. The van der Waals surface area contributed by atoms with Gasteiger partial charge in [0.15, 0.2) is 8.32 Å². The highest BCUT2D eigenvalue weighted by molar-refractivity contribution is 6.71. The Bertz CT molecular complexity index is 129. The predicted octanol–water partition coefficient (Wildman–Crippen LogP) is 1.13. The molecule has 13 heavy (non-hydrogen) atoms. The second-order valence-electron chi connectivity index (χ2n) is 3.53. The Hall–Kier alpha value is 0.0569. The lowest BCUT2D eigenvalue weighted by molar-refractivity contribution is -0.224. The summed E-state index contributed by atoms with van der Waals surface area (Å²) in [6, 6.07) is 1.03. The minimum Gasteiger partial charge on any atom is -0.372 e. The molecule has 4 nitrogen and oxygen atoms in total. The van der Waals surface area contributed by atoms with Crippen LogP contribution in [-0.4, -0.2) is 35.6 Å². The van der Waals surface area contributed by atoms with E-state index in [1.807, 2.05) is 0 Å². The zero-order valence-electron chi connectivity index (χ0n) is 9.00. The van der Waals surface area contributed by atoms with E-state index in [2.05, 4.69) is 13.1 Å². The van der Waals surface area contributed by atoms with Gasteiger partial charge in [0.1, 0.15) is 0 Å². The first-order valence-corrected chi connectivity index (χ1v) is 7.60. The monoisotopic (exact) mass is 207 g/mol. The van der Waals surface area contributed by atoms with Gasteiger partial charge < -0.3 is 19.6 Å². The van der Waals surface area contributed by atoms with Crippen molar-refractivity contribution in [2.75, 3.05) is 20.8 Å². The van der Waals surface area contributed by atoms with Gasteiger partial charge in [-0.3, -0.25) is 0 Å². The minimum atomic E-state index is -1.66. The van der Waals surface area contributed by atoms with Crippen LogP contribution in [0.15, 0.2) is 0 Å². The van der Waals surface area contributed by atoms with E-state index in [-0.39, 0.29) is 0 Å². The summed E-state index contributed by atoms with van der Waals surface area (Å²) in [6.07, 6.45) is 0.999. The van der Waals surface area contributed by atoms with Crippen molar-refractivity contribution in [1.29, 1.82) is 0 Å². The Labute approximate surface area is 81.5 Å². The molecule has 0 rings (SSSR count). The van der Waals surface area contributed by atoms with Crippen LogP contribution in [0.1, 0.15) is 6.42 Å². The van der Waals surface area contributed by atoms with E-state index in [0.29, 0.717) is 6.54 Å². The molecule has 0 saturated carbocycles. The molecule has 0 aromatic carbocycles. The quantitative estimate of drug-likeness (QED) is 0.502. The molecule has 0 aromatic rings. The van der Waals surface area contributed by atoms with Crippen molar-refractivity contribution in [3.05, 3.63) is 0 Å². The standard InChI is InChI=1S/C8H21NO3Si/c1-10-8(11-2)12-13(3,4)7-5-6-9/h8H,5-7,9H2,1-4H3. The molecule has 2 N–H and O–H groups in total. The second kappa shape index (κ2) is 6.50. The van der Waals surface area contributed by atoms with Crippen molar-refractivity contribution in [3.8, 4) is 0 Å². The Kier molecular flexibility index (Phi) is 6.53. The number of hydrogen-bond donors (Lipinski definition) is 1. The van der Waals surface area contributed by atoms with Crippen LogP contribution in [0.2, 0.25) is 19.1 Å². The smallest absolute Gasteiger partial charge is 0.261 e. The molecule has 0 amide bonds. The summed E-state index contributed by atoms with van der Waals surface area (Å²) in [5.74, 6) is 0. The maximum absolute atomic E-state index is 5.68. The van der Waals surface area contributed by atoms with Crippen LogP contribution in [0.5, 0.6) is 0 Å². The maximum atomic E-state index is 5.68. The topological polar surface area (TPSA) is 53.7 Å². The SMILES string of the molecule is COC(OC)O[Si](C)(C)CCCN. The molecule has 0 saturated heterocycles. The van der Waals surface area contributed by atoms with Gasteiger partial charge in [0.2, 0.25) is 0 Å². The summed E-state index contributed by atoms with van der Waals surface area (Å²) in [6.45, 7) is 4.45. The predicted molar refractivity (Wildman–Crippen MR) is 54.9 cm³/mol. The molecule has 0 aliphatic rings. The first kappa shape index (κ1) is 13.1. The van der Waals surface area contributed by atoms with Gasteiger partial charge in [-0.25, -0.2) is 0 Å². The van der Waals surface area contributed by atoms with Crippen LogP contribution in [0.3, 0.4) is 0 Å². The minimum absolute atomic E-state index is 0.528. The first-order chi connectivity index (χ1) is 6.05. The number of nitrogens with two attached hydrogens (primary N) is 1. The van der Waals surface area contributed by atoms with E-state index in [1.54, 1.807) is 14.2 Å². The first-order valence-electron chi connectivity index (χ1n) is 4.49. The van der Waals surface area contributed by atoms with Crippen molar-refractivity contribution in [2.45, 2.75) is 32.0 Å². The molecule has 5 heteroatoms. The molecule has 0 radical (unpaired) electrons. The molecular formula is C8H21NO3Si. The molecule has 0 spiro atoms. The molecular weight excluding hydrogens is 186 g/mol. The lowest BCUT2D eigenvalue weighted by Crippen LogP contribution is -2.37. The third kappa shape index (κ3) is 6.17. The van der Waals surface area contributed by atoms with E-state index in [4.69, 9.17) is 19.6 Å². The van der Waals surface area contributed by atoms with E-state index < -0.39 is 14.8 Å². The Morgan fingerprint density at radius 2 is 1.77 bits per heavy atom. The summed E-state index contributed by atoms with van der Waals surface area (Å²) in [7, 11) is 1.48. The Morgan fingerprint density at radius 3 is 2.15 bits per heavy atom. The third-order valence-electron chi connectivity index (χ3n) is 1.78. The number of hydrogen-bond acceptors (Lipinski definition) is 4. The zero-order valence-corrected chi connectivity index (χ0v) is 10.0. The highest BCUT2D eigenvalue weighted by atomic mass is 28.4. The van der Waals surface area contributed by atoms with Gasteiger partial charge in [0, 0.05) is 14.2 Å². The van der Waals surface area contributed by atoms with Crippen LogP contribution in [-0.2, 0) is 13.9 Å². The zero-order chi connectivity index (χ0) is 10.3. The Morgan fingerprint density at radius 1 is 1.23 bits per heavy atom. The van der Waals surface area contributed by atoms with Gasteiger partial charge in [0.05, 0.1) is 0 Å². The van der Waals surface area contributed by atoms with Crippen molar-refractivity contribution in [2.24, 2.45) is 5.73 Å². The highest BCUT2D eigenvalue weighted by Gasteiger charge is 2.25. The highest BCUT2D eigenvalue weighted by Crippen LogP contribution is 2.16. The molecule has 0 heterocycles. The van der Waals surface area contributed by atoms with Gasteiger partial charge in [-0.1, -0.05) is 0 Å². The fourth-order valence-electron chi connectivity index (χ4n) is 1.04. The molecule has 0 aromatic heterocycles. The molecule has 80 valence electrons. The fourth-order valence-corrected chi connectivity index (χ4v) is 2.93. The van der Waals surface area contributed by atoms with Gasteiger partial charge in [-0.2, -0.15) is 0 Å². The maximum Gasteiger partial charge on any atom is 0.261 e. The van der Waals surface area contributed by atoms with Crippen LogP contribution in [0.25, 0.3) is 0 Å². The van der Waals surface area contributed by atoms with Crippen LogP contribution < -0.4 is 5.73 Å². The van der Waals surface area contributed by atoms with Crippen LogP contribution in [0.4, 0.5) is 0 Å². The van der Waals surface area contributed by atoms with Crippen molar-refractivity contribution < 1.29 is 13.9 Å². The number of rotatable bonds is 7. The van der Waals surface area contributed by atoms with Crippen LogP contribution >= 0.6 is 0 Å². The van der Waals surface area contributed by atoms with E-state index >= 15 is 0 Å². The molecule has 0 aliphatic heterocycles. The van der Waals surface area contributed by atoms with E-state index in [1.165, 1.54) is 0 Å². The average Bonchev–Trinajstić information content (AvgIpc) is 2.11. The summed E-state index contributed by atoms with van der Waals surface area (Å²) in [5, 5.41) is 0. The summed E-state index contributed by atoms with van der Waals surface area (Å²) in [4.78, 5) is 0. The molecule has 0 aliphatic carbocycles. The largest absolute Gasteiger partial charge is 0.372 e. The fraction of sp³-hybridized carbons (Fsp3) is 1.00. The van der Waals surface area contributed by atoms with Gasteiger partial charge >= 0.3 is 0 Å². The third-order valence-corrected chi connectivity index (χ3v) is 4.17. The summed E-state index contributed by atoms with van der Waals surface area (Å²) < 4.78 is 15.6. The second-order valence-corrected chi connectivity index (χ2v) is 7.78. The molecule has 0 unspecified atom stereocenters. The van der Waals surface area contributed by atoms with Crippen molar-refractivity contribution in [1.82, 2.24) is 0 Å².